The Labute approximate surface area is 109 Å². The van der Waals surface area contributed by atoms with E-state index in [-0.39, 0.29) is 0 Å². The first-order valence-electron chi connectivity index (χ1n) is 6.66. The molecule has 0 radical (unpaired) electrons. The average molecular weight is 249 g/mol. The smallest absolute Gasteiger partial charge is 0.121 e. The quantitative estimate of drug-likeness (QED) is 0.870. The molecule has 18 heavy (non-hydrogen) atoms. The Morgan fingerprint density at radius 1 is 1.44 bits per heavy atom. The maximum Gasteiger partial charge on any atom is 0.121 e. The van der Waals surface area contributed by atoms with Crippen LogP contribution in [0.5, 0.6) is 5.75 Å². The summed E-state index contributed by atoms with van der Waals surface area (Å²) in [7, 11) is 1.71. The van der Waals surface area contributed by atoms with Crippen LogP contribution in [0.3, 0.4) is 0 Å². The topological polar surface area (TPSA) is 30.5 Å². The zero-order chi connectivity index (χ0) is 13.0. The molecule has 3 heteroatoms. The maximum atomic E-state index is 5.56. The van der Waals surface area contributed by atoms with Gasteiger partial charge in [-0.2, -0.15) is 0 Å². The molecule has 0 spiro atoms. The Balaban J connectivity index is 1.81. The number of benzene rings is 1. The molecule has 1 aliphatic heterocycles. The molecule has 0 aliphatic carbocycles. The highest BCUT2D eigenvalue weighted by Crippen LogP contribution is 2.20. The van der Waals surface area contributed by atoms with E-state index in [4.69, 9.17) is 9.47 Å². The fourth-order valence-electron chi connectivity index (χ4n) is 2.50. The zero-order valence-electron chi connectivity index (χ0n) is 11.5. The Morgan fingerprint density at radius 2 is 2.28 bits per heavy atom. The number of nitrogens with one attached hydrogen (secondary N) is 1. The predicted octanol–water partition coefficient (Wildman–Crippen LogP) is 2.52. The van der Waals surface area contributed by atoms with Crippen LogP contribution in [-0.4, -0.2) is 26.4 Å². The summed E-state index contributed by atoms with van der Waals surface area (Å²) in [6.45, 7) is 7.10. The van der Waals surface area contributed by atoms with E-state index < -0.39 is 0 Å². The summed E-state index contributed by atoms with van der Waals surface area (Å²) in [5, 5.41) is 3.52. The molecular formula is C15H23NO2. The van der Waals surface area contributed by atoms with Crippen molar-refractivity contribution in [3.05, 3.63) is 29.3 Å². The molecule has 1 saturated heterocycles. The molecule has 3 nitrogen and oxygen atoms in total. The normalized spacial score (nSPS) is 23.3. The second kappa shape index (κ2) is 6.21. The third kappa shape index (κ3) is 3.24. The molecule has 1 aromatic rings. The number of rotatable bonds is 5. The first-order valence-corrected chi connectivity index (χ1v) is 6.66. The highest BCUT2D eigenvalue weighted by atomic mass is 16.5. The van der Waals surface area contributed by atoms with Crippen molar-refractivity contribution in [1.82, 2.24) is 5.32 Å². The lowest BCUT2D eigenvalue weighted by molar-refractivity contribution is 0.105. The number of ether oxygens (including phenoxy) is 2. The van der Waals surface area contributed by atoms with Crippen LogP contribution in [0.15, 0.2) is 18.2 Å². The Bertz CT molecular complexity index is 392. The molecule has 1 heterocycles. The minimum Gasteiger partial charge on any atom is -0.496 e. The van der Waals surface area contributed by atoms with Crippen LogP contribution in [0, 0.1) is 12.8 Å². The number of hydrogen-bond acceptors (Lipinski definition) is 3. The standard InChI is InChI=1S/C15H23NO2/c1-11-8-13(4-5-15(11)17-3)9-16-10-14-6-7-18-12(14)2/h4-5,8,12,14,16H,6-7,9-10H2,1-3H3. The average Bonchev–Trinajstić information content (AvgIpc) is 2.75. The van der Waals surface area contributed by atoms with Crippen molar-refractivity contribution >= 4 is 0 Å². The van der Waals surface area contributed by atoms with Crippen LogP contribution < -0.4 is 10.1 Å². The summed E-state index contributed by atoms with van der Waals surface area (Å²) in [6.07, 6.45) is 1.57. The van der Waals surface area contributed by atoms with Gasteiger partial charge in [0.2, 0.25) is 0 Å². The van der Waals surface area contributed by atoms with Crippen LogP contribution in [0.1, 0.15) is 24.5 Å². The minimum atomic E-state index is 0.398. The molecule has 2 unspecified atom stereocenters. The Kier molecular flexibility index (Phi) is 4.61. The second-order valence-electron chi connectivity index (χ2n) is 5.06. The van der Waals surface area contributed by atoms with Crippen molar-refractivity contribution in [2.45, 2.75) is 32.9 Å². The minimum absolute atomic E-state index is 0.398. The van der Waals surface area contributed by atoms with Gasteiger partial charge in [0.05, 0.1) is 13.2 Å². The predicted molar refractivity (Wildman–Crippen MR) is 73.0 cm³/mol. The van der Waals surface area contributed by atoms with E-state index in [0.717, 1.165) is 25.4 Å². The van der Waals surface area contributed by atoms with Gasteiger partial charge in [-0.05, 0) is 43.4 Å². The summed E-state index contributed by atoms with van der Waals surface area (Å²) in [4.78, 5) is 0. The van der Waals surface area contributed by atoms with E-state index in [1.165, 1.54) is 17.5 Å². The maximum absolute atomic E-state index is 5.56. The van der Waals surface area contributed by atoms with Gasteiger partial charge in [-0.15, -0.1) is 0 Å². The van der Waals surface area contributed by atoms with Gasteiger partial charge in [0.15, 0.2) is 0 Å². The lowest BCUT2D eigenvalue weighted by Crippen LogP contribution is -2.26. The molecule has 100 valence electrons. The van der Waals surface area contributed by atoms with Crippen LogP contribution in [0.2, 0.25) is 0 Å². The van der Waals surface area contributed by atoms with Gasteiger partial charge in [-0.25, -0.2) is 0 Å². The van der Waals surface area contributed by atoms with Gasteiger partial charge in [0.1, 0.15) is 5.75 Å². The van der Waals surface area contributed by atoms with Gasteiger partial charge in [0, 0.05) is 19.7 Å². The van der Waals surface area contributed by atoms with E-state index in [9.17, 15) is 0 Å². The molecule has 1 aliphatic rings. The van der Waals surface area contributed by atoms with Gasteiger partial charge < -0.3 is 14.8 Å². The molecule has 0 aromatic heterocycles. The first-order chi connectivity index (χ1) is 8.70. The van der Waals surface area contributed by atoms with E-state index >= 15 is 0 Å². The number of hydrogen-bond donors (Lipinski definition) is 1. The SMILES string of the molecule is COc1ccc(CNCC2CCOC2C)cc1C. The highest BCUT2D eigenvalue weighted by Gasteiger charge is 2.23. The van der Waals surface area contributed by atoms with E-state index in [1.807, 2.05) is 6.07 Å². The van der Waals surface area contributed by atoms with Crippen molar-refractivity contribution in [3.8, 4) is 5.75 Å². The molecule has 0 bridgehead atoms. The van der Waals surface area contributed by atoms with Gasteiger partial charge in [-0.1, -0.05) is 12.1 Å². The van der Waals surface area contributed by atoms with Crippen LogP contribution in [0.25, 0.3) is 0 Å². The van der Waals surface area contributed by atoms with E-state index in [0.29, 0.717) is 12.0 Å². The largest absolute Gasteiger partial charge is 0.496 e. The fourth-order valence-corrected chi connectivity index (χ4v) is 2.50. The monoisotopic (exact) mass is 249 g/mol. The summed E-state index contributed by atoms with van der Waals surface area (Å²) in [5.41, 5.74) is 2.49. The molecule has 1 aromatic carbocycles. The third-order valence-electron chi connectivity index (χ3n) is 3.73. The molecule has 0 saturated carbocycles. The molecule has 1 N–H and O–H groups in total. The van der Waals surface area contributed by atoms with Gasteiger partial charge in [0.25, 0.3) is 0 Å². The highest BCUT2D eigenvalue weighted by molar-refractivity contribution is 5.36. The van der Waals surface area contributed by atoms with Crippen molar-refractivity contribution < 1.29 is 9.47 Å². The summed E-state index contributed by atoms with van der Waals surface area (Å²) in [5.74, 6) is 1.61. The lowest BCUT2D eigenvalue weighted by atomic mass is 10.0. The summed E-state index contributed by atoms with van der Waals surface area (Å²) >= 11 is 0. The summed E-state index contributed by atoms with van der Waals surface area (Å²) in [6, 6.07) is 6.33. The molecule has 2 atom stereocenters. The third-order valence-corrected chi connectivity index (χ3v) is 3.73. The molecule has 0 amide bonds. The fraction of sp³-hybridized carbons (Fsp3) is 0.600. The van der Waals surface area contributed by atoms with Crippen LogP contribution in [0.4, 0.5) is 0 Å². The second-order valence-corrected chi connectivity index (χ2v) is 5.06. The van der Waals surface area contributed by atoms with E-state index in [1.54, 1.807) is 7.11 Å². The summed E-state index contributed by atoms with van der Waals surface area (Å²) < 4.78 is 10.8. The van der Waals surface area contributed by atoms with Gasteiger partial charge in [-0.3, -0.25) is 0 Å². The van der Waals surface area contributed by atoms with Crippen LogP contribution >= 0.6 is 0 Å². The van der Waals surface area contributed by atoms with Gasteiger partial charge >= 0.3 is 0 Å². The number of methoxy groups -OCH3 is 1. The zero-order valence-corrected chi connectivity index (χ0v) is 11.5. The van der Waals surface area contributed by atoms with Crippen LogP contribution in [-0.2, 0) is 11.3 Å². The first kappa shape index (κ1) is 13.4. The lowest BCUT2D eigenvalue weighted by Gasteiger charge is -2.15. The van der Waals surface area contributed by atoms with E-state index in [2.05, 4.69) is 31.3 Å². The van der Waals surface area contributed by atoms with Crippen molar-refractivity contribution in [1.29, 1.82) is 0 Å². The van der Waals surface area contributed by atoms with Crippen molar-refractivity contribution in [2.75, 3.05) is 20.3 Å². The Hall–Kier alpha value is -1.06. The molecule has 2 rings (SSSR count). The molecular weight excluding hydrogens is 226 g/mol. The number of aryl methyl sites for hydroxylation is 1. The van der Waals surface area contributed by atoms with Crippen molar-refractivity contribution in [3.63, 3.8) is 0 Å². The van der Waals surface area contributed by atoms with Crippen molar-refractivity contribution in [2.24, 2.45) is 5.92 Å². The Morgan fingerprint density at radius 3 is 2.89 bits per heavy atom. The molecule has 1 fully saturated rings.